The van der Waals surface area contributed by atoms with Crippen molar-refractivity contribution in [1.82, 2.24) is 20.0 Å². The molecule has 0 saturated carbocycles. The van der Waals surface area contributed by atoms with E-state index in [2.05, 4.69) is 20.2 Å². The Kier molecular flexibility index (Phi) is 9.78. The molecule has 16 heteroatoms. The van der Waals surface area contributed by atoms with Crippen molar-refractivity contribution in [3.63, 3.8) is 0 Å². The van der Waals surface area contributed by atoms with Gasteiger partial charge in [-0.1, -0.05) is 0 Å². The number of hydrogen-bond donors (Lipinski definition) is 2. The Morgan fingerprint density at radius 3 is 2.03 bits per heavy atom. The van der Waals surface area contributed by atoms with E-state index in [1.54, 1.807) is 7.11 Å². The molecule has 3 rings (SSSR count). The van der Waals surface area contributed by atoms with Gasteiger partial charge < -0.3 is 19.8 Å². The Morgan fingerprint density at radius 1 is 1.09 bits per heavy atom. The topological polar surface area (TPSA) is 131 Å². The summed E-state index contributed by atoms with van der Waals surface area (Å²) in [6.07, 6.45) is -8.23. The predicted molar refractivity (Wildman–Crippen MR) is 103 cm³/mol. The number of carboxylic acids is 2. The fourth-order valence-corrected chi connectivity index (χ4v) is 2.83. The number of aliphatic carboxylic acids is 2. The maximum absolute atomic E-state index is 10.6. The van der Waals surface area contributed by atoms with Gasteiger partial charge in [0.05, 0.1) is 24.2 Å². The standard InChI is InChI=1S/C14H19N5O.2C2HF3O2/c1-10-4-5-13(17-16-10)19-7-11-6-15-18(2)14(11)12(8-19)9-20-3;2*3-2(4,5)1(6)7/h4-6,12H,7-9H2,1-3H3;2*(H,6,7). The highest BCUT2D eigenvalue weighted by Gasteiger charge is 2.38. The molecule has 3 heterocycles. The van der Waals surface area contributed by atoms with Crippen LogP contribution in [-0.2, 0) is 27.9 Å². The summed E-state index contributed by atoms with van der Waals surface area (Å²) in [4.78, 5) is 20.0. The minimum Gasteiger partial charge on any atom is -0.475 e. The lowest BCUT2D eigenvalue weighted by molar-refractivity contribution is -0.193. The van der Waals surface area contributed by atoms with Crippen molar-refractivity contribution in [2.24, 2.45) is 7.05 Å². The molecule has 0 spiro atoms. The molecule has 10 nitrogen and oxygen atoms in total. The number of anilines is 1. The number of carbonyl (C=O) groups is 2. The molecule has 190 valence electrons. The second kappa shape index (κ2) is 11.6. The summed E-state index contributed by atoms with van der Waals surface area (Å²) < 4.78 is 70.8. The molecule has 1 aliphatic rings. The van der Waals surface area contributed by atoms with E-state index in [0.717, 1.165) is 24.6 Å². The van der Waals surface area contributed by atoms with Crippen LogP contribution in [0, 0.1) is 6.92 Å². The second-order valence-corrected chi connectivity index (χ2v) is 6.85. The Labute approximate surface area is 188 Å². The first kappa shape index (κ1) is 28.6. The van der Waals surface area contributed by atoms with Crippen molar-refractivity contribution in [3.05, 3.63) is 35.3 Å². The van der Waals surface area contributed by atoms with Gasteiger partial charge in [0.15, 0.2) is 5.82 Å². The summed E-state index contributed by atoms with van der Waals surface area (Å²) in [5.74, 6) is -4.30. The largest absolute Gasteiger partial charge is 0.490 e. The molecule has 34 heavy (non-hydrogen) atoms. The number of methoxy groups -OCH3 is 1. The number of fused-ring (bicyclic) bond motifs is 1. The van der Waals surface area contributed by atoms with Gasteiger partial charge in [-0.2, -0.15) is 36.5 Å². The molecular weight excluding hydrogens is 480 g/mol. The highest BCUT2D eigenvalue weighted by atomic mass is 19.4. The lowest BCUT2D eigenvalue weighted by atomic mass is 9.97. The first-order chi connectivity index (χ1) is 15.6. The second-order valence-electron chi connectivity index (χ2n) is 6.85. The normalized spacial score (nSPS) is 15.3. The fraction of sp³-hybridized carbons (Fsp3) is 0.500. The molecule has 0 saturated heterocycles. The maximum Gasteiger partial charge on any atom is 0.490 e. The van der Waals surface area contributed by atoms with Gasteiger partial charge in [-0.25, -0.2) is 9.59 Å². The van der Waals surface area contributed by atoms with Crippen LogP contribution in [0.25, 0.3) is 0 Å². The number of aromatic nitrogens is 4. The average molecular weight is 501 g/mol. The highest BCUT2D eigenvalue weighted by molar-refractivity contribution is 5.73. The molecule has 0 radical (unpaired) electrons. The number of aryl methyl sites for hydroxylation is 2. The molecular formula is C18H21F6N5O5. The van der Waals surface area contributed by atoms with Crippen molar-refractivity contribution >= 4 is 17.8 Å². The molecule has 1 aliphatic heterocycles. The van der Waals surface area contributed by atoms with Gasteiger partial charge in [-0.3, -0.25) is 4.68 Å². The zero-order valence-electron chi connectivity index (χ0n) is 18.1. The van der Waals surface area contributed by atoms with E-state index >= 15 is 0 Å². The summed E-state index contributed by atoms with van der Waals surface area (Å²) in [5, 5.41) is 27.0. The molecule has 2 N–H and O–H groups in total. The number of rotatable bonds is 3. The van der Waals surface area contributed by atoms with Crippen molar-refractivity contribution in [2.75, 3.05) is 25.2 Å². The molecule has 1 unspecified atom stereocenters. The van der Waals surface area contributed by atoms with Crippen molar-refractivity contribution in [1.29, 1.82) is 0 Å². The third-order valence-corrected chi connectivity index (χ3v) is 4.21. The van der Waals surface area contributed by atoms with Crippen LogP contribution in [0.15, 0.2) is 18.3 Å². The van der Waals surface area contributed by atoms with Crippen molar-refractivity contribution in [2.45, 2.75) is 31.7 Å². The smallest absolute Gasteiger partial charge is 0.475 e. The first-order valence-electron chi connectivity index (χ1n) is 9.23. The van der Waals surface area contributed by atoms with E-state index in [1.807, 2.05) is 37.0 Å². The predicted octanol–water partition coefficient (Wildman–Crippen LogP) is 2.54. The molecule has 2 aromatic heterocycles. The number of carboxylic acid groups (broad SMARTS) is 2. The van der Waals surface area contributed by atoms with Crippen LogP contribution < -0.4 is 4.90 Å². The number of ether oxygens (including phenoxy) is 1. The van der Waals surface area contributed by atoms with E-state index in [1.165, 1.54) is 11.3 Å². The van der Waals surface area contributed by atoms with Crippen LogP contribution in [-0.4, -0.2) is 74.7 Å². The van der Waals surface area contributed by atoms with Gasteiger partial charge in [0.2, 0.25) is 0 Å². The Hall–Kier alpha value is -3.43. The van der Waals surface area contributed by atoms with Crippen LogP contribution in [0.4, 0.5) is 32.2 Å². The van der Waals surface area contributed by atoms with Crippen molar-refractivity contribution < 1.29 is 50.9 Å². The van der Waals surface area contributed by atoms with E-state index in [9.17, 15) is 26.3 Å². The third kappa shape index (κ3) is 8.49. The number of nitrogens with zero attached hydrogens (tertiary/aromatic N) is 5. The summed E-state index contributed by atoms with van der Waals surface area (Å²) in [6.45, 7) is 4.32. The lowest BCUT2D eigenvalue weighted by Gasteiger charge is -2.33. The van der Waals surface area contributed by atoms with Gasteiger partial charge >= 0.3 is 24.3 Å². The van der Waals surface area contributed by atoms with Gasteiger partial charge in [-0.05, 0) is 19.1 Å². The van der Waals surface area contributed by atoms with E-state index in [-0.39, 0.29) is 0 Å². The van der Waals surface area contributed by atoms with E-state index < -0.39 is 24.3 Å². The molecule has 0 bridgehead atoms. The van der Waals surface area contributed by atoms with Crippen LogP contribution in [0.1, 0.15) is 22.9 Å². The minimum atomic E-state index is -5.08. The SMILES string of the molecule is COCC1CN(c2ccc(C)nn2)Cc2cnn(C)c21.O=C(O)C(F)(F)F.O=C(O)C(F)(F)F. The molecule has 0 fully saturated rings. The van der Waals surface area contributed by atoms with Crippen LogP contribution in [0.2, 0.25) is 0 Å². The number of alkyl halides is 6. The highest BCUT2D eigenvalue weighted by Crippen LogP contribution is 2.30. The summed E-state index contributed by atoms with van der Waals surface area (Å²) in [7, 11) is 3.73. The monoisotopic (exact) mass is 501 g/mol. The summed E-state index contributed by atoms with van der Waals surface area (Å²) >= 11 is 0. The average Bonchev–Trinajstić information content (AvgIpc) is 3.09. The molecule has 0 aliphatic carbocycles. The van der Waals surface area contributed by atoms with Gasteiger partial charge in [0, 0.05) is 38.7 Å². The number of halogens is 6. The first-order valence-corrected chi connectivity index (χ1v) is 9.23. The Bertz CT molecular complexity index is 938. The summed E-state index contributed by atoms with van der Waals surface area (Å²) in [6, 6.07) is 4.01. The van der Waals surface area contributed by atoms with Gasteiger partial charge in [0.1, 0.15) is 0 Å². The lowest BCUT2D eigenvalue weighted by Crippen LogP contribution is -2.36. The number of hydrogen-bond acceptors (Lipinski definition) is 7. The maximum atomic E-state index is 10.6. The minimum absolute atomic E-state index is 0.305. The Balaban J connectivity index is 0.000000343. The summed E-state index contributed by atoms with van der Waals surface area (Å²) in [5.41, 5.74) is 3.44. The van der Waals surface area contributed by atoms with E-state index in [4.69, 9.17) is 24.5 Å². The molecule has 1 atom stereocenters. The molecule has 0 aromatic carbocycles. The van der Waals surface area contributed by atoms with Crippen LogP contribution in [0.5, 0.6) is 0 Å². The van der Waals surface area contributed by atoms with Crippen LogP contribution in [0.3, 0.4) is 0 Å². The fourth-order valence-electron chi connectivity index (χ4n) is 2.83. The van der Waals surface area contributed by atoms with Crippen LogP contribution >= 0.6 is 0 Å². The van der Waals surface area contributed by atoms with Crippen molar-refractivity contribution in [3.8, 4) is 0 Å². The zero-order valence-corrected chi connectivity index (χ0v) is 18.1. The Morgan fingerprint density at radius 2 is 1.62 bits per heavy atom. The quantitative estimate of drug-likeness (QED) is 0.610. The van der Waals surface area contributed by atoms with Gasteiger partial charge in [0.25, 0.3) is 0 Å². The van der Waals surface area contributed by atoms with Gasteiger partial charge in [-0.15, -0.1) is 5.10 Å². The third-order valence-electron chi connectivity index (χ3n) is 4.21. The van der Waals surface area contributed by atoms with E-state index in [0.29, 0.717) is 12.5 Å². The molecule has 0 amide bonds. The zero-order chi connectivity index (χ0) is 26.3. The molecule has 2 aromatic rings.